The van der Waals surface area contributed by atoms with E-state index in [0.717, 1.165) is 4.88 Å². The minimum absolute atomic E-state index is 0.0393. The smallest absolute Gasteiger partial charge is 0.252 e. The third kappa shape index (κ3) is 6.06. The van der Waals surface area contributed by atoms with E-state index in [1.807, 2.05) is 6.92 Å². The van der Waals surface area contributed by atoms with Gasteiger partial charge in [0.2, 0.25) is 15.9 Å². The predicted octanol–water partition coefficient (Wildman–Crippen LogP) is 3.25. The first kappa shape index (κ1) is 23.7. The molecular formula is C20H27N3O5S3. The minimum Gasteiger partial charge on any atom is -0.326 e. The van der Waals surface area contributed by atoms with Crippen LogP contribution in [0.1, 0.15) is 31.1 Å². The molecule has 1 saturated heterocycles. The van der Waals surface area contributed by atoms with Crippen LogP contribution < -0.4 is 10.0 Å². The summed E-state index contributed by atoms with van der Waals surface area (Å²) in [5.74, 6) is -0.661. The van der Waals surface area contributed by atoms with Gasteiger partial charge >= 0.3 is 0 Å². The number of nitrogens with one attached hydrogen (secondary N) is 2. The second-order valence-corrected chi connectivity index (χ2v) is 12.8. The van der Waals surface area contributed by atoms with Gasteiger partial charge in [0.25, 0.3) is 10.0 Å². The average molecular weight is 486 g/mol. The highest BCUT2D eigenvalue weighted by Gasteiger charge is 2.34. The minimum atomic E-state index is -3.60. The maximum absolute atomic E-state index is 12.9. The lowest BCUT2D eigenvalue weighted by Gasteiger charge is -2.30. The van der Waals surface area contributed by atoms with Gasteiger partial charge < -0.3 is 5.32 Å². The summed E-state index contributed by atoms with van der Waals surface area (Å²) in [6.45, 7) is 4.18. The summed E-state index contributed by atoms with van der Waals surface area (Å²) in [4.78, 5) is 13.7. The fourth-order valence-electron chi connectivity index (χ4n) is 3.42. The first-order valence-corrected chi connectivity index (χ1v) is 14.0. The van der Waals surface area contributed by atoms with Crippen LogP contribution in [0.5, 0.6) is 0 Å². The summed E-state index contributed by atoms with van der Waals surface area (Å²) in [6.07, 6.45) is 1.74. The Hall–Kier alpha value is -1.95. The summed E-state index contributed by atoms with van der Waals surface area (Å²) in [7, 11) is -6.98. The number of hydrogen-bond donors (Lipinski definition) is 2. The van der Waals surface area contributed by atoms with E-state index in [0.29, 0.717) is 41.4 Å². The Balaban J connectivity index is 1.62. The van der Waals surface area contributed by atoms with Crippen molar-refractivity contribution < 1.29 is 21.6 Å². The Morgan fingerprint density at radius 2 is 1.77 bits per heavy atom. The molecule has 11 heteroatoms. The van der Waals surface area contributed by atoms with Gasteiger partial charge in [-0.1, -0.05) is 6.92 Å². The van der Waals surface area contributed by atoms with Crippen molar-refractivity contribution in [2.45, 2.75) is 37.3 Å². The zero-order valence-corrected chi connectivity index (χ0v) is 19.9. The van der Waals surface area contributed by atoms with E-state index in [-0.39, 0.29) is 18.2 Å². The Kier molecular flexibility index (Phi) is 7.40. The Morgan fingerprint density at radius 1 is 1.10 bits per heavy atom. The molecule has 1 aromatic heterocycles. The van der Waals surface area contributed by atoms with Gasteiger partial charge in [0, 0.05) is 29.3 Å². The van der Waals surface area contributed by atoms with Gasteiger partial charge in [-0.05, 0) is 62.6 Å². The number of anilines is 2. The van der Waals surface area contributed by atoms with Crippen molar-refractivity contribution in [2.24, 2.45) is 5.92 Å². The lowest BCUT2D eigenvalue weighted by Crippen LogP contribution is -2.43. The first-order chi connectivity index (χ1) is 14.6. The number of nitrogens with zero attached hydrogens (tertiary/aromatic N) is 1. The molecule has 0 bridgehead atoms. The van der Waals surface area contributed by atoms with Crippen molar-refractivity contribution in [1.82, 2.24) is 4.31 Å². The molecule has 1 unspecified atom stereocenters. The normalized spacial score (nSPS) is 17.9. The molecule has 2 N–H and O–H groups in total. The average Bonchev–Trinajstić information content (AvgIpc) is 3.16. The van der Waals surface area contributed by atoms with Crippen LogP contribution in [0.15, 0.2) is 40.6 Å². The lowest BCUT2D eigenvalue weighted by atomic mass is 9.98. The largest absolute Gasteiger partial charge is 0.326 e. The number of thiophene rings is 1. The van der Waals surface area contributed by atoms with Gasteiger partial charge in [-0.15, -0.1) is 11.3 Å². The van der Waals surface area contributed by atoms with Crippen LogP contribution in [-0.2, 0) is 24.8 Å². The van der Waals surface area contributed by atoms with Crippen LogP contribution >= 0.6 is 11.3 Å². The molecular weight excluding hydrogens is 458 g/mol. The lowest BCUT2D eigenvalue weighted by molar-refractivity contribution is -0.120. The number of piperidine rings is 1. The molecule has 31 heavy (non-hydrogen) atoms. The SMILES string of the molecule is CCCS(=O)(=O)Nc1ccc(NC(=O)C2CCCN(S(=O)(=O)c3ccc(C)s3)C2)cc1. The van der Waals surface area contributed by atoms with Crippen molar-refractivity contribution in [2.75, 3.05) is 28.9 Å². The van der Waals surface area contributed by atoms with Crippen molar-refractivity contribution >= 4 is 48.7 Å². The molecule has 2 aromatic rings. The van der Waals surface area contributed by atoms with Gasteiger partial charge in [-0.2, -0.15) is 4.31 Å². The number of amides is 1. The van der Waals surface area contributed by atoms with Crippen molar-refractivity contribution in [3.8, 4) is 0 Å². The highest BCUT2D eigenvalue weighted by Crippen LogP contribution is 2.28. The Morgan fingerprint density at radius 3 is 2.39 bits per heavy atom. The maximum atomic E-state index is 12.9. The highest BCUT2D eigenvalue weighted by atomic mass is 32.2. The topological polar surface area (TPSA) is 113 Å². The molecule has 1 aliphatic heterocycles. The van der Waals surface area contributed by atoms with Crippen molar-refractivity contribution in [1.29, 1.82) is 0 Å². The molecule has 3 rings (SSSR count). The van der Waals surface area contributed by atoms with Gasteiger partial charge in [0.15, 0.2) is 0 Å². The van der Waals surface area contributed by atoms with Crippen LogP contribution in [-0.4, -0.2) is 45.9 Å². The number of sulfonamides is 2. The summed E-state index contributed by atoms with van der Waals surface area (Å²) < 4.78 is 53.6. The third-order valence-electron chi connectivity index (χ3n) is 4.96. The maximum Gasteiger partial charge on any atom is 0.252 e. The zero-order chi connectivity index (χ0) is 22.6. The Bertz CT molecular complexity index is 1130. The van der Waals surface area contributed by atoms with E-state index < -0.39 is 26.0 Å². The monoisotopic (exact) mass is 485 g/mol. The molecule has 0 radical (unpaired) electrons. The van der Waals surface area contributed by atoms with Crippen molar-refractivity contribution in [3.05, 3.63) is 41.3 Å². The summed E-state index contributed by atoms with van der Waals surface area (Å²) >= 11 is 1.23. The molecule has 2 heterocycles. The van der Waals surface area contributed by atoms with Crippen LogP contribution in [0.2, 0.25) is 0 Å². The Labute approximate surface area is 187 Å². The van der Waals surface area contributed by atoms with Crippen LogP contribution in [0.4, 0.5) is 11.4 Å². The summed E-state index contributed by atoms with van der Waals surface area (Å²) in [5, 5.41) is 2.81. The fourth-order valence-corrected chi connectivity index (χ4v) is 7.51. The zero-order valence-electron chi connectivity index (χ0n) is 17.5. The number of hydrogen-bond acceptors (Lipinski definition) is 6. The molecule has 0 saturated carbocycles. The third-order valence-corrected chi connectivity index (χ3v) is 9.79. The second-order valence-electron chi connectivity index (χ2n) is 7.55. The van der Waals surface area contributed by atoms with E-state index in [1.165, 1.54) is 15.6 Å². The summed E-state index contributed by atoms with van der Waals surface area (Å²) in [5.41, 5.74) is 0.949. The van der Waals surface area contributed by atoms with Gasteiger partial charge in [-0.25, -0.2) is 16.8 Å². The molecule has 170 valence electrons. The first-order valence-electron chi connectivity index (χ1n) is 10.1. The number of rotatable bonds is 8. The molecule has 1 fully saturated rings. The second kappa shape index (κ2) is 9.68. The van der Waals surface area contributed by atoms with E-state index in [2.05, 4.69) is 10.0 Å². The standard InChI is InChI=1S/C20H27N3O5S3/c1-3-13-30(25,26)22-18-9-7-17(8-10-18)21-20(24)16-5-4-12-23(14-16)31(27,28)19-11-6-15(2)29-19/h6-11,16,22H,3-5,12-14H2,1-2H3,(H,21,24). The molecule has 0 spiro atoms. The quantitative estimate of drug-likeness (QED) is 0.596. The number of carbonyl (C=O) groups excluding carboxylic acids is 1. The van der Waals surface area contributed by atoms with E-state index in [9.17, 15) is 21.6 Å². The summed E-state index contributed by atoms with van der Waals surface area (Å²) in [6, 6.07) is 9.78. The number of aryl methyl sites for hydroxylation is 1. The van der Waals surface area contributed by atoms with Crippen LogP contribution in [0.3, 0.4) is 0 Å². The van der Waals surface area contributed by atoms with Crippen LogP contribution in [0.25, 0.3) is 0 Å². The molecule has 1 amide bonds. The number of carbonyl (C=O) groups is 1. The van der Waals surface area contributed by atoms with E-state index >= 15 is 0 Å². The van der Waals surface area contributed by atoms with Gasteiger partial charge in [0.1, 0.15) is 4.21 Å². The molecule has 8 nitrogen and oxygen atoms in total. The van der Waals surface area contributed by atoms with E-state index in [1.54, 1.807) is 43.3 Å². The van der Waals surface area contributed by atoms with Crippen molar-refractivity contribution in [3.63, 3.8) is 0 Å². The van der Waals surface area contributed by atoms with E-state index in [4.69, 9.17) is 0 Å². The molecule has 1 aromatic carbocycles. The fraction of sp³-hybridized carbons (Fsp3) is 0.450. The van der Waals surface area contributed by atoms with Gasteiger partial charge in [0.05, 0.1) is 11.7 Å². The predicted molar refractivity (Wildman–Crippen MR) is 123 cm³/mol. The molecule has 1 aliphatic rings. The number of benzene rings is 1. The molecule has 1 atom stereocenters. The molecule has 0 aliphatic carbocycles. The van der Waals surface area contributed by atoms with Crippen LogP contribution in [0, 0.1) is 12.8 Å². The highest BCUT2D eigenvalue weighted by molar-refractivity contribution is 7.92. The van der Waals surface area contributed by atoms with Gasteiger partial charge in [-0.3, -0.25) is 9.52 Å².